The minimum absolute atomic E-state index is 0.557. The van der Waals surface area contributed by atoms with Gasteiger partial charge in [0.1, 0.15) is 0 Å². The molecule has 50 valence electrons. The van der Waals surface area contributed by atoms with E-state index in [1.165, 1.54) is 0 Å². The summed E-state index contributed by atoms with van der Waals surface area (Å²) in [4.78, 5) is 0. The van der Waals surface area contributed by atoms with Crippen LogP contribution in [-0.2, 0) is 0 Å². The maximum atomic E-state index is 5.05. The van der Waals surface area contributed by atoms with Gasteiger partial charge in [-0.05, 0) is 0 Å². The molecule has 0 amide bonds. The summed E-state index contributed by atoms with van der Waals surface area (Å²) in [5.74, 6) is 1.11. The lowest BCUT2D eigenvalue weighted by atomic mass is 11.0. The van der Waals surface area contributed by atoms with Crippen LogP contribution in [0.3, 0.4) is 0 Å². The van der Waals surface area contributed by atoms with Crippen molar-refractivity contribution >= 4 is 23.2 Å². The summed E-state index contributed by atoms with van der Waals surface area (Å²) in [6.45, 7) is 12.0. The fourth-order valence-electron chi connectivity index (χ4n) is 0. The number of hydrogen-bond acceptors (Lipinski definition) is 0. The maximum absolute atomic E-state index is 5.05. The number of rotatable bonds is 1. The van der Waals surface area contributed by atoms with Gasteiger partial charge in [-0.25, -0.2) is 0 Å². The van der Waals surface area contributed by atoms with Crippen LogP contribution in [0.25, 0.3) is 0 Å². The van der Waals surface area contributed by atoms with E-state index in [-0.39, 0.29) is 0 Å². The molecule has 8 heavy (non-hydrogen) atoms. The molecule has 0 rings (SSSR count). The van der Waals surface area contributed by atoms with Gasteiger partial charge in [-0.2, -0.15) is 0 Å². The Balaban J connectivity index is -0.0000000542. The molecule has 0 radical (unpaired) electrons. The Hall–Kier alpha value is 0.0600. The summed E-state index contributed by atoms with van der Waals surface area (Å²) in [7, 11) is 0. The molecule has 0 heterocycles. The lowest BCUT2D eigenvalue weighted by Gasteiger charge is -1.63. The Labute approximate surface area is 61.8 Å². The largest absolute Gasteiger partial charge is 0.125 e. The van der Waals surface area contributed by atoms with E-state index in [0.29, 0.717) is 11.8 Å². The van der Waals surface area contributed by atoms with Crippen LogP contribution in [0.4, 0.5) is 0 Å². The number of hydrogen-bond donors (Lipinski definition) is 0. The third-order valence-electron chi connectivity index (χ3n) is 0.0714. The fourth-order valence-corrected chi connectivity index (χ4v) is 0. The quantitative estimate of drug-likeness (QED) is 0.403. The summed E-state index contributed by atoms with van der Waals surface area (Å²) in [5.41, 5.74) is 0. The monoisotopic (exact) mass is 154 g/mol. The molecule has 0 aromatic carbocycles. The van der Waals surface area contributed by atoms with Gasteiger partial charge in [0.2, 0.25) is 0 Å². The highest BCUT2D eigenvalue weighted by Gasteiger charge is 1.61. The Morgan fingerprint density at radius 3 is 0.875 bits per heavy atom. The van der Waals surface area contributed by atoms with Crippen molar-refractivity contribution in [1.82, 2.24) is 0 Å². The number of alkyl halides is 2. The summed E-state index contributed by atoms with van der Waals surface area (Å²) >= 11 is 10.1. The SMILES string of the molecule is C=C.C=C.ClCCCl. The van der Waals surface area contributed by atoms with Crippen molar-refractivity contribution < 1.29 is 0 Å². The molecule has 0 nitrogen and oxygen atoms in total. The van der Waals surface area contributed by atoms with Crippen LogP contribution in [0.5, 0.6) is 0 Å². The van der Waals surface area contributed by atoms with Gasteiger partial charge in [0.05, 0.1) is 0 Å². The van der Waals surface area contributed by atoms with Crippen LogP contribution in [0, 0.1) is 0 Å². The molecular weight excluding hydrogens is 143 g/mol. The minimum Gasteiger partial charge on any atom is -0.125 e. The third-order valence-corrected chi connectivity index (χ3v) is 0.643. The average Bonchev–Trinajstić information content (AvgIpc) is 1.96. The van der Waals surface area contributed by atoms with E-state index in [9.17, 15) is 0 Å². The van der Waals surface area contributed by atoms with Crippen LogP contribution in [-0.4, -0.2) is 11.8 Å². The van der Waals surface area contributed by atoms with Crippen molar-refractivity contribution in [3.05, 3.63) is 26.3 Å². The van der Waals surface area contributed by atoms with Gasteiger partial charge in [-0.15, -0.1) is 49.5 Å². The first-order valence-corrected chi connectivity index (χ1v) is 3.10. The van der Waals surface area contributed by atoms with Crippen molar-refractivity contribution in [2.75, 3.05) is 11.8 Å². The first-order chi connectivity index (χ1) is 3.91. The zero-order valence-corrected chi connectivity index (χ0v) is 6.51. The highest BCUT2D eigenvalue weighted by atomic mass is 35.5. The molecule has 0 bridgehead atoms. The van der Waals surface area contributed by atoms with Crippen LogP contribution in [0.2, 0.25) is 0 Å². The van der Waals surface area contributed by atoms with Gasteiger partial charge < -0.3 is 0 Å². The lowest BCUT2D eigenvalue weighted by molar-refractivity contribution is 1.52. The second-order valence-electron chi connectivity index (χ2n) is 0.378. The maximum Gasteiger partial charge on any atom is 0.0359 e. The molecule has 0 saturated heterocycles. The van der Waals surface area contributed by atoms with E-state index in [0.717, 1.165) is 0 Å². The molecule has 0 fully saturated rings. The van der Waals surface area contributed by atoms with E-state index < -0.39 is 0 Å². The molecule has 0 N–H and O–H groups in total. The lowest BCUT2D eigenvalue weighted by Crippen LogP contribution is -1.63. The van der Waals surface area contributed by atoms with Crippen molar-refractivity contribution in [3.63, 3.8) is 0 Å². The molecule has 0 aromatic rings. The van der Waals surface area contributed by atoms with E-state index in [4.69, 9.17) is 23.2 Å². The van der Waals surface area contributed by atoms with Gasteiger partial charge in [0.25, 0.3) is 0 Å². The predicted molar refractivity (Wildman–Crippen MR) is 43.9 cm³/mol. The van der Waals surface area contributed by atoms with Gasteiger partial charge in [-0.1, -0.05) is 0 Å². The van der Waals surface area contributed by atoms with E-state index in [1.54, 1.807) is 0 Å². The smallest absolute Gasteiger partial charge is 0.0359 e. The van der Waals surface area contributed by atoms with Crippen LogP contribution < -0.4 is 0 Å². The molecule has 0 aliphatic carbocycles. The van der Waals surface area contributed by atoms with Crippen molar-refractivity contribution in [2.24, 2.45) is 0 Å². The standard InChI is InChI=1S/C2H4Cl2.2C2H4/c3-1-2-4;2*1-2/h1-2H2;2*1-2H2. The zero-order chi connectivity index (χ0) is 7.41. The molecule has 0 atom stereocenters. The fraction of sp³-hybridized carbons (Fsp3) is 0.333. The first-order valence-electron chi connectivity index (χ1n) is 2.03. The molecule has 0 spiro atoms. The molecule has 0 saturated carbocycles. The van der Waals surface area contributed by atoms with Gasteiger partial charge in [0.15, 0.2) is 0 Å². The number of halogens is 2. The first kappa shape index (κ1) is 15.7. The third kappa shape index (κ3) is 138. The molecule has 0 aliphatic heterocycles. The molecule has 2 heteroatoms. The second kappa shape index (κ2) is 61.1. The van der Waals surface area contributed by atoms with Gasteiger partial charge in [0, 0.05) is 11.8 Å². The van der Waals surface area contributed by atoms with Crippen molar-refractivity contribution in [3.8, 4) is 0 Å². The topological polar surface area (TPSA) is 0 Å². The van der Waals surface area contributed by atoms with Crippen molar-refractivity contribution in [1.29, 1.82) is 0 Å². The zero-order valence-electron chi connectivity index (χ0n) is 5.00. The Morgan fingerprint density at radius 1 is 0.750 bits per heavy atom. The van der Waals surface area contributed by atoms with E-state index in [2.05, 4.69) is 26.3 Å². The van der Waals surface area contributed by atoms with E-state index in [1.807, 2.05) is 0 Å². The Morgan fingerprint density at radius 2 is 0.875 bits per heavy atom. The van der Waals surface area contributed by atoms with Crippen LogP contribution >= 0.6 is 23.2 Å². The molecular formula is C6H12Cl2. The van der Waals surface area contributed by atoms with Crippen LogP contribution in [0.15, 0.2) is 26.3 Å². The van der Waals surface area contributed by atoms with Gasteiger partial charge in [-0.3, -0.25) is 0 Å². The highest BCUT2D eigenvalue weighted by Crippen LogP contribution is 1.75. The highest BCUT2D eigenvalue weighted by molar-refractivity contribution is 6.25. The molecule has 0 unspecified atom stereocenters. The Bertz CT molecular complexity index is 18.5. The molecule has 0 aliphatic rings. The summed E-state index contributed by atoms with van der Waals surface area (Å²) < 4.78 is 0. The van der Waals surface area contributed by atoms with Crippen LogP contribution in [0.1, 0.15) is 0 Å². The van der Waals surface area contributed by atoms with E-state index >= 15 is 0 Å². The second-order valence-corrected chi connectivity index (χ2v) is 1.13. The molecule has 0 aromatic heterocycles. The normalized spacial score (nSPS) is 4.75. The Kier molecular flexibility index (Phi) is 120. The summed E-state index contributed by atoms with van der Waals surface area (Å²) in [5, 5.41) is 0. The summed E-state index contributed by atoms with van der Waals surface area (Å²) in [6.07, 6.45) is 0. The predicted octanol–water partition coefficient (Wildman–Crippen LogP) is 3.07. The summed E-state index contributed by atoms with van der Waals surface area (Å²) in [6, 6.07) is 0. The van der Waals surface area contributed by atoms with Gasteiger partial charge >= 0.3 is 0 Å². The average molecular weight is 155 g/mol. The van der Waals surface area contributed by atoms with Crippen molar-refractivity contribution in [2.45, 2.75) is 0 Å². The minimum atomic E-state index is 0.557.